The van der Waals surface area contributed by atoms with Gasteiger partial charge in [0.25, 0.3) is 5.91 Å². The summed E-state index contributed by atoms with van der Waals surface area (Å²) in [5.41, 5.74) is 7.98. The zero-order chi connectivity index (χ0) is 38.8. The van der Waals surface area contributed by atoms with Crippen molar-refractivity contribution < 1.29 is 34.1 Å². The Hall–Kier alpha value is -4.35. The van der Waals surface area contributed by atoms with Crippen LogP contribution in [0.2, 0.25) is 0 Å². The number of benzene rings is 2. The van der Waals surface area contributed by atoms with E-state index in [0.29, 0.717) is 49.4 Å². The monoisotopic (exact) mass is 742 g/mol. The minimum atomic E-state index is -1.14. The van der Waals surface area contributed by atoms with Crippen LogP contribution in [0.15, 0.2) is 42.6 Å². The van der Waals surface area contributed by atoms with Gasteiger partial charge in [-0.15, -0.1) is 5.10 Å². The third kappa shape index (κ3) is 9.84. The second-order valence-electron chi connectivity index (χ2n) is 15.4. The average Bonchev–Trinajstić information content (AvgIpc) is 3.43. The zero-order valence-electron chi connectivity index (χ0n) is 32.6. The van der Waals surface area contributed by atoms with Crippen molar-refractivity contribution in [1.82, 2.24) is 15.6 Å². The van der Waals surface area contributed by atoms with Gasteiger partial charge in [0, 0.05) is 47.4 Å². The number of rotatable bonds is 18. The third-order valence-corrected chi connectivity index (χ3v) is 11.3. The normalized spacial score (nSPS) is 21.5. The van der Waals surface area contributed by atoms with Gasteiger partial charge in [0.05, 0.1) is 18.4 Å². The molecular weight excluding hydrogens is 684 g/mol. The number of unbranched alkanes of at least 4 members (excludes halogenated alkanes) is 6. The van der Waals surface area contributed by atoms with Gasteiger partial charge < -0.3 is 19.7 Å². The van der Waals surface area contributed by atoms with Gasteiger partial charge in [-0.3, -0.25) is 25.2 Å². The molecule has 11 nitrogen and oxygen atoms in total. The molecule has 1 fully saturated rings. The van der Waals surface area contributed by atoms with Crippen LogP contribution in [-0.2, 0) is 20.8 Å². The van der Waals surface area contributed by atoms with E-state index in [1.807, 2.05) is 51.1 Å². The largest absolute Gasteiger partial charge is 0.477 e. The van der Waals surface area contributed by atoms with Gasteiger partial charge in [-0.05, 0) is 70.1 Å². The minimum Gasteiger partial charge on any atom is -0.477 e. The van der Waals surface area contributed by atoms with Crippen LogP contribution in [0.25, 0.3) is 10.8 Å². The maximum absolute atomic E-state index is 13.4. The molecule has 0 saturated heterocycles. The number of ether oxygens (including phenoxy) is 2. The summed E-state index contributed by atoms with van der Waals surface area (Å²) >= 11 is 0. The minimum absolute atomic E-state index is 0.107. The Labute approximate surface area is 319 Å². The van der Waals surface area contributed by atoms with Crippen molar-refractivity contribution in [3.8, 4) is 11.5 Å². The van der Waals surface area contributed by atoms with E-state index in [0.717, 1.165) is 84.4 Å². The van der Waals surface area contributed by atoms with Crippen LogP contribution in [0.1, 0.15) is 120 Å². The van der Waals surface area contributed by atoms with Gasteiger partial charge in [-0.2, -0.15) is 5.10 Å². The van der Waals surface area contributed by atoms with Crippen LogP contribution >= 0.6 is 0 Å². The third-order valence-electron chi connectivity index (χ3n) is 11.3. The molecule has 1 amide bonds. The number of nitrogens with zero attached hydrogens (tertiary/aromatic N) is 2. The van der Waals surface area contributed by atoms with E-state index in [4.69, 9.17) is 9.47 Å². The first-order chi connectivity index (χ1) is 25.9. The van der Waals surface area contributed by atoms with Gasteiger partial charge in [-0.25, -0.2) is 0 Å². The topological polar surface area (TPSA) is 160 Å². The van der Waals surface area contributed by atoms with Crippen molar-refractivity contribution in [2.45, 2.75) is 142 Å². The Kier molecular flexibility index (Phi) is 14.2. The van der Waals surface area contributed by atoms with E-state index in [-0.39, 0.29) is 35.9 Å². The quantitative estimate of drug-likeness (QED) is 0.0338. The summed E-state index contributed by atoms with van der Waals surface area (Å²) in [6.07, 6.45) is 14.5. The Morgan fingerprint density at radius 2 is 1.81 bits per heavy atom. The van der Waals surface area contributed by atoms with E-state index >= 15 is 0 Å². The number of anilines is 1. The molecule has 1 aromatic heterocycles. The van der Waals surface area contributed by atoms with Crippen LogP contribution in [0.3, 0.4) is 0 Å². The van der Waals surface area contributed by atoms with Crippen LogP contribution in [0.5, 0.6) is 11.5 Å². The highest BCUT2D eigenvalue weighted by molar-refractivity contribution is 5.93. The molecule has 1 saturated carbocycles. The molecule has 11 heteroatoms. The number of hydrazine groups is 1. The fourth-order valence-electron chi connectivity index (χ4n) is 7.79. The second kappa shape index (κ2) is 18.8. The van der Waals surface area contributed by atoms with Crippen molar-refractivity contribution in [2.75, 3.05) is 5.43 Å². The number of amides is 1. The molecule has 3 aromatic rings. The molecule has 0 bridgehead atoms. The first-order valence-electron chi connectivity index (χ1n) is 19.8. The average molecular weight is 743 g/mol. The molecule has 5 atom stereocenters. The van der Waals surface area contributed by atoms with E-state index in [1.54, 1.807) is 19.2 Å². The molecule has 0 radical (unpaired) electrons. The van der Waals surface area contributed by atoms with Gasteiger partial charge in [0.15, 0.2) is 11.4 Å². The first kappa shape index (κ1) is 40.8. The lowest BCUT2D eigenvalue weighted by Gasteiger charge is -2.36. The van der Waals surface area contributed by atoms with E-state index < -0.39 is 17.8 Å². The number of hydrogen-bond donors (Lipinski definition) is 4. The molecule has 2 heterocycles. The molecule has 292 valence electrons. The van der Waals surface area contributed by atoms with Crippen LogP contribution < -0.4 is 20.3 Å². The van der Waals surface area contributed by atoms with Crippen molar-refractivity contribution >= 4 is 34.3 Å². The first-order valence-corrected chi connectivity index (χ1v) is 19.8. The highest BCUT2D eigenvalue weighted by atomic mass is 16.5. The maximum Gasteiger partial charge on any atom is 0.311 e. The van der Waals surface area contributed by atoms with Crippen LogP contribution in [0, 0.1) is 32.6 Å². The van der Waals surface area contributed by atoms with Gasteiger partial charge in [-0.1, -0.05) is 88.3 Å². The number of aromatic nitrogens is 2. The highest BCUT2D eigenvalue weighted by Gasteiger charge is 2.42. The number of nitrogens with one attached hydrogen (secondary N) is 2. The molecule has 4 N–H and O–H groups in total. The molecule has 0 spiro atoms. The summed E-state index contributed by atoms with van der Waals surface area (Å²) in [5, 5.41) is 30.7. The molecule has 2 aliphatic rings. The summed E-state index contributed by atoms with van der Waals surface area (Å²) < 4.78 is 12.4. The fraction of sp³-hybridized carbons (Fsp3) is 0.558. The van der Waals surface area contributed by atoms with E-state index in [9.17, 15) is 24.6 Å². The molecular formula is C43H58N4O7. The molecule has 1 aliphatic heterocycles. The summed E-state index contributed by atoms with van der Waals surface area (Å²) in [7, 11) is 0. The fourth-order valence-corrected chi connectivity index (χ4v) is 7.79. The SMILES string of the molecule is CCCCCC(O)C=CC1C(O)CC(=O)[C@@H]1CCCCCCCC(=O)Oc1c(C)c(C)c2c(c1C)CCC(C)(C(=O)NNc1nncc3ccccc13)O2. The number of esters is 1. The number of fused-ring (bicyclic) bond motifs is 2. The summed E-state index contributed by atoms with van der Waals surface area (Å²) in [5.74, 6) is 0.717. The van der Waals surface area contributed by atoms with Gasteiger partial charge >= 0.3 is 5.97 Å². The van der Waals surface area contributed by atoms with Gasteiger partial charge in [0.2, 0.25) is 0 Å². The second-order valence-corrected chi connectivity index (χ2v) is 15.4. The summed E-state index contributed by atoms with van der Waals surface area (Å²) in [6.45, 7) is 9.67. The number of ketones is 1. The number of Topliss-reactive ketones (excluding diaryl/α,β-unsaturated/α-hetero) is 1. The number of aliphatic hydroxyl groups excluding tert-OH is 2. The molecule has 54 heavy (non-hydrogen) atoms. The van der Waals surface area contributed by atoms with Crippen molar-refractivity contribution in [3.05, 3.63) is 64.9 Å². The number of aliphatic hydroxyl groups is 2. The summed E-state index contributed by atoms with van der Waals surface area (Å²) in [4.78, 5) is 39.1. The Morgan fingerprint density at radius 1 is 1.06 bits per heavy atom. The van der Waals surface area contributed by atoms with Crippen LogP contribution in [0.4, 0.5) is 5.82 Å². The number of carbonyl (C=O) groups is 3. The molecule has 1 aliphatic carbocycles. The van der Waals surface area contributed by atoms with Gasteiger partial charge in [0.1, 0.15) is 17.3 Å². The molecule has 2 aromatic carbocycles. The molecule has 4 unspecified atom stereocenters. The van der Waals surface area contributed by atoms with Crippen LogP contribution in [-0.4, -0.2) is 55.9 Å². The maximum atomic E-state index is 13.4. The van der Waals surface area contributed by atoms with E-state index in [1.165, 1.54) is 0 Å². The van der Waals surface area contributed by atoms with E-state index in [2.05, 4.69) is 28.0 Å². The predicted molar refractivity (Wildman–Crippen MR) is 209 cm³/mol. The standard InChI is InChI=1S/C43H58N4O7/c1-6-7-11-17-31(48)21-22-35-34(36(49)25-37(35)50)19-12-9-8-10-13-20-38(51)53-39-27(2)28(3)40-32(29(39)4)23-24-43(5,54-40)42(52)47-46-41-33-18-15-14-16-30(33)26-44-45-41/h14-16,18,21-22,26,31,34-35,37,48,50H,6-13,17,19-20,23-25H2,1-5H3,(H,45,46)(H,47,52)/t31?,34-,35?,37?,43?/m1/s1. The van der Waals surface area contributed by atoms with Crippen molar-refractivity contribution in [1.29, 1.82) is 0 Å². The lowest BCUT2D eigenvalue weighted by molar-refractivity contribution is -0.136. The lowest BCUT2D eigenvalue weighted by atomic mass is 9.86. The van der Waals surface area contributed by atoms with Crippen molar-refractivity contribution in [2.24, 2.45) is 11.8 Å². The number of hydrogen-bond acceptors (Lipinski definition) is 10. The lowest BCUT2D eigenvalue weighted by Crippen LogP contribution is -2.52. The Morgan fingerprint density at radius 3 is 2.61 bits per heavy atom. The number of carbonyl (C=O) groups excluding carboxylic acids is 3. The Balaban J connectivity index is 1.07. The predicted octanol–water partition coefficient (Wildman–Crippen LogP) is 7.48. The highest BCUT2D eigenvalue weighted by Crippen LogP contribution is 2.44. The summed E-state index contributed by atoms with van der Waals surface area (Å²) in [6, 6.07) is 7.65. The van der Waals surface area contributed by atoms with Crippen molar-refractivity contribution in [3.63, 3.8) is 0 Å². The molecule has 5 rings (SSSR count). The Bertz CT molecular complexity index is 1820. The smallest absolute Gasteiger partial charge is 0.311 e. The zero-order valence-corrected chi connectivity index (χ0v) is 32.6.